The van der Waals surface area contributed by atoms with Gasteiger partial charge in [0.25, 0.3) is 0 Å². The van der Waals surface area contributed by atoms with Crippen molar-refractivity contribution in [3.8, 4) is 0 Å². The molecule has 1 N–H and O–H groups in total. The summed E-state index contributed by atoms with van der Waals surface area (Å²) < 4.78 is 0. The highest BCUT2D eigenvalue weighted by atomic mass is 16.3. The van der Waals surface area contributed by atoms with Crippen molar-refractivity contribution in [1.29, 1.82) is 0 Å². The summed E-state index contributed by atoms with van der Waals surface area (Å²) in [5, 5.41) is 11.0. The lowest BCUT2D eigenvalue weighted by atomic mass is 10.0. The van der Waals surface area contributed by atoms with Gasteiger partial charge in [0.15, 0.2) is 0 Å². The van der Waals surface area contributed by atoms with Crippen LogP contribution in [0.25, 0.3) is 10.9 Å². The van der Waals surface area contributed by atoms with Crippen molar-refractivity contribution < 1.29 is 5.11 Å². The van der Waals surface area contributed by atoms with Crippen LogP contribution in [0.15, 0.2) is 36.5 Å². The summed E-state index contributed by atoms with van der Waals surface area (Å²) in [7, 11) is 0. The van der Waals surface area contributed by atoms with E-state index in [0.717, 1.165) is 30.2 Å². The van der Waals surface area contributed by atoms with E-state index in [1.165, 1.54) is 5.56 Å². The molecule has 0 radical (unpaired) electrons. The molecule has 3 rings (SSSR count). The Bertz CT molecular complexity index is 503. The molecule has 1 aromatic heterocycles. The van der Waals surface area contributed by atoms with Crippen LogP contribution in [0, 0.1) is 0 Å². The highest BCUT2D eigenvalue weighted by Crippen LogP contribution is 2.38. The summed E-state index contributed by atoms with van der Waals surface area (Å²) >= 11 is 0. The third-order valence-electron chi connectivity index (χ3n) is 3.03. The molecule has 1 aliphatic rings. The number of benzene rings is 1. The molecule has 2 nitrogen and oxygen atoms in total. The van der Waals surface area contributed by atoms with Crippen LogP contribution in [-0.2, 0) is 6.42 Å². The minimum Gasteiger partial charge on any atom is -0.390 e. The first-order chi connectivity index (χ1) is 7.25. The van der Waals surface area contributed by atoms with Crippen molar-refractivity contribution in [2.45, 2.75) is 24.9 Å². The largest absolute Gasteiger partial charge is 0.390 e. The Morgan fingerprint density at radius 3 is 2.93 bits per heavy atom. The van der Waals surface area contributed by atoms with Crippen molar-refractivity contribution in [2.75, 3.05) is 0 Å². The summed E-state index contributed by atoms with van der Waals surface area (Å²) in [5.74, 6) is 0. The van der Waals surface area contributed by atoms with E-state index < -0.39 is 5.60 Å². The lowest BCUT2D eigenvalue weighted by Gasteiger charge is -2.07. The molecule has 0 bridgehead atoms. The van der Waals surface area contributed by atoms with E-state index >= 15 is 0 Å². The summed E-state index contributed by atoms with van der Waals surface area (Å²) in [6, 6.07) is 10.2. The first-order valence-electron chi connectivity index (χ1n) is 5.31. The Balaban J connectivity index is 1.99. The number of hydrogen-bond acceptors (Lipinski definition) is 2. The van der Waals surface area contributed by atoms with Gasteiger partial charge in [0.2, 0.25) is 0 Å². The highest BCUT2D eigenvalue weighted by molar-refractivity contribution is 5.78. The van der Waals surface area contributed by atoms with Gasteiger partial charge in [0.05, 0.1) is 11.1 Å². The van der Waals surface area contributed by atoms with Crippen LogP contribution in [0.1, 0.15) is 18.4 Å². The van der Waals surface area contributed by atoms with Gasteiger partial charge in [-0.3, -0.25) is 4.98 Å². The highest BCUT2D eigenvalue weighted by Gasteiger charge is 2.40. The topological polar surface area (TPSA) is 33.1 Å². The zero-order chi connectivity index (χ0) is 10.3. The van der Waals surface area contributed by atoms with Gasteiger partial charge in [-0.05, 0) is 30.5 Å². The van der Waals surface area contributed by atoms with Gasteiger partial charge in [0.1, 0.15) is 0 Å². The van der Waals surface area contributed by atoms with Gasteiger partial charge in [-0.25, -0.2) is 0 Å². The van der Waals surface area contributed by atoms with Crippen molar-refractivity contribution >= 4 is 10.9 Å². The molecule has 1 aliphatic carbocycles. The van der Waals surface area contributed by atoms with E-state index in [1.54, 1.807) is 6.20 Å². The standard InChI is InChI=1S/C13H13NO/c15-13(5-6-13)9-10-3-4-11-2-1-7-14-12(11)8-10/h1-4,7-8,15H,5-6,9H2. The molecule has 2 aromatic rings. The van der Waals surface area contributed by atoms with Gasteiger partial charge in [-0.15, -0.1) is 0 Å². The van der Waals surface area contributed by atoms with E-state index in [-0.39, 0.29) is 0 Å². The number of aliphatic hydroxyl groups is 1. The number of rotatable bonds is 2. The average Bonchev–Trinajstić information content (AvgIpc) is 2.96. The normalized spacial score (nSPS) is 17.9. The zero-order valence-electron chi connectivity index (χ0n) is 8.48. The number of hydrogen-bond donors (Lipinski definition) is 1. The van der Waals surface area contributed by atoms with Crippen LogP contribution in [0.3, 0.4) is 0 Å². The van der Waals surface area contributed by atoms with Gasteiger partial charge in [0, 0.05) is 18.0 Å². The van der Waals surface area contributed by atoms with Crippen LogP contribution in [0.4, 0.5) is 0 Å². The molecular weight excluding hydrogens is 186 g/mol. The molecule has 1 saturated carbocycles. The molecule has 0 unspecified atom stereocenters. The first kappa shape index (κ1) is 8.86. The number of fused-ring (bicyclic) bond motifs is 1. The second kappa shape index (κ2) is 3.04. The predicted molar refractivity (Wildman–Crippen MR) is 59.6 cm³/mol. The van der Waals surface area contributed by atoms with E-state index in [4.69, 9.17) is 0 Å². The average molecular weight is 199 g/mol. The molecule has 76 valence electrons. The second-order valence-corrected chi connectivity index (χ2v) is 4.43. The van der Waals surface area contributed by atoms with Gasteiger partial charge >= 0.3 is 0 Å². The maximum atomic E-state index is 9.83. The van der Waals surface area contributed by atoms with Crippen LogP contribution in [0.5, 0.6) is 0 Å². The van der Waals surface area contributed by atoms with Gasteiger partial charge in [-0.2, -0.15) is 0 Å². The minimum atomic E-state index is -0.414. The Labute approximate surface area is 88.6 Å². The van der Waals surface area contributed by atoms with Crippen molar-refractivity contribution in [3.05, 3.63) is 42.1 Å². The fraction of sp³-hybridized carbons (Fsp3) is 0.308. The van der Waals surface area contributed by atoms with Crippen molar-refractivity contribution in [1.82, 2.24) is 4.98 Å². The van der Waals surface area contributed by atoms with Crippen molar-refractivity contribution in [3.63, 3.8) is 0 Å². The Hall–Kier alpha value is -1.41. The van der Waals surface area contributed by atoms with Crippen LogP contribution >= 0.6 is 0 Å². The lowest BCUT2D eigenvalue weighted by Crippen LogP contribution is -2.10. The molecule has 0 saturated heterocycles. The fourth-order valence-electron chi connectivity index (χ4n) is 1.92. The quantitative estimate of drug-likeness (QED) is 0.805. The summed E-state index contributed by atoms with van der Waals surface area (Å²) in [6.45, 7) is 0. The smallest absolute Gasteiger partial charge is 0.0704 e. The molecule has 1 heterocycles. The monoisotopic (exact) mass is 199 g/mol. The third-order valence-corrected chi connectivity index (χ3v) is 3.03. The first-order valence-corrected chi connectivity index (χ1v) is 5.31. The van der Waals surface area contributed by atoms with Gasteiger partial charge < -0.3 is 5.11 Å². The minimum absolute atomic E-state index is 0.414. The zero-order valence-corrected chi connectivity index (χ0v) is 8.48. The summed E-state index contributed by atoms with van der Waals surface area (Å²) in [5.41, 5.74) is 1.78. The molecule has 1 fully saturated rings. The molecule has 0 atom stereocenters. The molecule has 0 amide bonds. The predicted octanol–water partition coefficient (Wildman–Crippen LogP) is 2.30. The molecule has 15 heavy (non-hydrogen) atoms. The Morgan fingerprint density at radius 1 is 1.27 bits per heavy atom. The maximum Gasteiger partial charge on any atom is 0.0704 e. The SMILES string of the molecule is OC1(Cc2ccc3cccnc3c2)CC1. The Kier molecular flexibility index (Phi) is 1.80. The van der Waals surface area contributed by atoms with Crippen molar-refractivity contribution in [2.24, 2.45) is 0 Å². The van der Waals surface area contributed by atoms with Crippen LogP contribution in [-0.4, -0.2) is 15.7 Å². The maximum absolute atomic E-state index is 9.83. The van der Waals surface area contributed by atoms with E-state index in [0.29, 0.717) is 0 Å². The van der Waals surface area contributed by atoms with E-state index in [9.17, 15) is 5.11 Å². The summed E-state index contributed by atoms with van der Waals surface area (Å²) in [4.78, 5) is 4.31. The van der Waals surface area contributed by atoms with Crippen LogP contribution in [0.2, 0.25) is 0 Å². The molecule has 1 aromatic carbocycles. The van der Waals surface area contributed by atoms with E-state index in [1.807, 2.05) is 6.07 Å². The number of nitrogens with zero attached hydrogens (tertiary/aromatic N) is 1. The molecular formula is C13H13NO. The molecule has 0 aliphatic heterocycles. The number of pyridine rings is 1. The van der Waals surface area contributed by atoms with E-state index in [2.05, 4.69) is 29.2 Å². The lowest BCUT2D eigenvalue weighted by molar-refractivity contribution is 0.151. The second-order valence-electron chi connectivity index (χ2n) is 4.43. The van der Waals surface area contributed by atoms with Crippen LogP contribution < -0.4 is 0 Å². The fourth-order valence-corrected chi connectivity index (χ4v) is 1.92. The number of aromatic nitrogens is 1. The Morgan fingerprint density at radius 2 is 2.13 bits per heavy atom. The third kappa shape index (κ3) is 1.73. The van der Waals surface area contributed by atoms with Gasteiger partial charge in [-0.1, -0.05) is 18.2 Å². The summed E-state index contributed by atoms with van der Waals surface area (Å²) in [6.07, 6.45) is 4.44. The molecule has 2 heteroatoms. The molecule has 0 spiro atoms.